The van der Waals surface area contributed by atoms with Crippen LogP contribution in [-0.2, 0) is 14.8 Å². The lowest BCUT2D eigenvalue weighted by Gasteiger charge is -2.27. The molecule has 0 fully saturated rings. The van der Waals surface area contributed by atoms with Crippen molar-refractivity contribution in [2.75, 3.05) is 26.0 Å². The topological polar surface area (TPSA) is 72.6 Å². The van der Waals surface area contributed by atoms with Crippen LogP contribution in [0, 0.1) is 19.7 Å². The Balaban J connectivity index is 3.45. The van der Waals surface area contributed by atoms with Crippen LogP contribution in [0.15, 0.2) is 11.0 Å². The largest absolute Gasteiger partial charge is 0.396 e. The van der Waals surface area contributed by atoms with E-state index in [1.165, 1.54) is 18.3 Å². The Morgan fingerprint density at radius 1 is 1.38 bits per heavy atom. The maximum Gasteiger partial charge on any atom is 0.243 e. The maximum absolute atomic E-state index is 13.6. The van der Waals surface area contributed by atoms with Crippen LogP contribution in [0.2, 0.25) is 0 Å². The summed E-state index contributed by atoms with van der Waals surface area (Å²) in [4.78, 5) is 0.0752. The first-order valence-corrected chi connectivity index (χ1v) is 8.14. The van der Waals surface area contributed by atoms with E-state index in [0.29, 0.717) is 5.56 Å². The number of ether oxygens (including phenoxy) is 1. The highest BCUT2D eigenvalue weighted by atomic mass is 32.2. The minimum Gasteiger partial charge on any atom is -0.396 e. The van der Waals surface area contributed by atoms with E-state index < -0.39 is 15.8 Å². The number of nitrogens with zero attached hydrogens (tertiary/aromatic N) is 1. The molecule has 0 saturated carbocycles. The Morgan fingerprint density at radius 2 is 1.95 bits per heavy atom. The summed E-state index contributed by atoms with van der Waals surface area (Å²) in [5, 5.41) is 0. The van der Waals surface area contributed by atoms with Crippen LogP contribution < -0.4 is 5.73 Å². The Hall–Kier alpha value is -1.18. The summed E-state index contributed by atoms with van der Waals surface area (Å²) in [7, 11) is -2.26. The molecule has 1 aromatic carbocycles. The summed E-state index contributed by atoms with van der Waals surface area (Å²) < 4.78 is 45.7. The molecular weight excluding hydrogens is 295 g/mol. The molecule has 21 heavy (non-hydrogen) atoms. The average molecular weight is 318 g/mol. The molecule has 0 bridgehead atoms. The number of halogens is 1. The highest BCUT2D eigenvalue weighted by molar-refractivity contribution is 7.89. The van der Waals surface area contributed by atoms with E-state index in [1.54, 1.807) is 20.8 Å². The normalized spacial score (nSPS) is 12.4. The van der Waals surface area contributed by atoms with Gasteiger partial charge in [0, 0.05) is 19.7 Å². The number of methoxy groups -OCH3 is 1. The molecule has 0 aromatic heterocycles. The summed E-state index contributed by atoms with van der Waals surface area (Å²) in [5.41, 5.74) is 6.11. The van der Waals surface area contributed by atoms with E-state index in [4.69, 9.17) is 10.5 Å². The molecule has 7 heteroatoms. The number of nitrogens with two attached hydrogens (primary N) is 1. The predicted octanol–water partition coefficient (Wildman–Crippen LogP) is 2.07. The van der Waals surface area contributed by atoms with E-state index in [2.05, 4.69) is 0 Å². The first-order valence-electron chi connectivity index (χ1n) is 6.70. The molecular formula is C14H23FN2O3S. The molecule has 5 nitrogen and oxygen atoms in total. The number of aryl methyl sites for hydroxylation is 1. The minimum absolute atomic E-state index is 0.0752. The van der Waals surface area contributed by atoms with Crippen molar-refractivity contribution in [2.24, 2.45) is 0 Å². The molecule has 0 amide bonds. The van der Waals surface area contributed by atoms with Crippen molar-refractivity contribution in [3.05, 3.63) is 23.0 Å². The lowest BCUT2D eigenvalue weighted by molar-refractivity contribution is 0.171. The number of anilines is 1. The average Bonchev–Trinajstić information content (AvgIpc) is 2.35. The van der Waals surface area contributed by atoms with Gasteiger partial charge in [-0.1, -0.05) is 0 Å². The summed E-state index contributed by atoms with van der Waals surface area (Å²) >= 11 is 0. The third-order valence-corrected chi connectivity index (χ3v) is 5.73. The summed E-state index contributed by atoms with van der Waals surface area (Å²) in [5.74, 6) is -0.600. The highest BCUT2D eigenvalue weighted by Gasteiger charge is 2.31. The van der Waals surface area contributed by atoms with Crippen molar-refractivity contribution in [1.82, 2.24) is 4.31 Å². The fourth-order valence-electron chi connectivity index (χ4n) is 2.28. The van der Waals surface area contributed by atoms with Crippen molar-refractivity contribution >= 4 is 15.7 Å². The lowest BCUT2D eigenvalue weighted by Crippen LogP contribution is -2.39. The number of hydrogen-bond acceptors (Lipinski definition) is 4. The molecule has 0 aliphatic carbocycles. The summed E-state index contributed by atoms with van der Waals surface area (Å²) in [6.07, 6.45) is 0. The van der Waals surface area contributed by atoms with Gasteiger partial charge in [-0.25, -0.2) is 12.8 Å². The molecule has 0 aliphatic rings. The first kappa shape index (κ1) is 17.9. The summed E-state index contributed by atoms with van der Waals surface area (Å²) in [6, 6.07) is 0.916. The standard InChI is InChI=1S/C14H23FN2O3S/c1-9(2)17(6-7-20-5)21(18,19)14-10(3)8-12(15)13(16)11(14)4/h8-9H,6-7,16H2,1-5H3. The van der Waals surface area contributed by atoms with E-state index in [1.807, 2.05) is 0 Å². The predicted molar refractivity (Wildman–Crippen MR) is 81.2 cm³/mol. The van der Waals surface area contributed by atoms with Gasteiger partial charge in [0.25, 0.3) is 0 Å². The highest BCUT2D eigenvalue weighted by Crippen LogP contribution is 2.30. The van der Waals surface area contributed by atoms with Crippen molar-refractivity contribution < 1.29 is 17.5 Å². The van der Waals surface area contributed by atoms with Gasteiger partial charge in [-0.15, -0.1) is 0 Å². The molecule has 0 heterocycles. The van der Waals surface area contributed by atoms with E-state index in [-0.39, 0.29) is 35.3 Å². The SMILES string of the molecule is COCCN(C(C)C)S(=O)(=O)c1c(C)cc(F)c(N)c1C. The molecule has 2 N–H and O–H groups in total. The number of hydrogen-bond donors (Lipinski definition) is 1. The number of sulfonamides is 1. The zero-order valence-electron chi connectivity index (χ0n) is 13.1. The van der Waals surface area contributed by atoms with Gasteiger partial charge in [0.15, 0.2) is 0 Å². The van der Waals surface area contributed by atoms with Gasteiger partial charge < -0.3 is 10.5 Å². The van der Waals surface area contributed by atoms with Crippen LogP contribution in [0.3, 0.4) is 0 Å². The Bertz CT molecular complexity index is 615. The van der Waals surface area contributed by atoms with Crippen LogP contribution in [0.25, 0.3) is 0 Å². The smallest absolute Gasteiger partial charge is 0.243 e. The van der Waals surface area contributed by atoms with Crippen LogP contribution >= 0.6 is 0 Å². The van der Waals surface area contributed by atoms with Gasteiger partial charge in [0.05, 0.1) is 17.2 Å². The van der Waals surface area contributed by atoms with Crippen LogP contribution in [-0.4, -0.2) is 39.0 Å². The minimum atomic E-state index is -3.77. The Morgan fingerprint density at radius 3 is 2.43 bits per heavy atom. The second-order valence-electron chi connectivity index (χ2n) is 5.25. The van der Waals surface area contributed by atoms with Gasteiger partial charge in [0.1, 0.15) is 5.82 Å². The van der Waals surface area contributed by atoms with Crippen LogP contribution in [0.1, 0.15) is 25.0 Å². The zero-order chi connectivity index (χ0) is 16.4. The number of rotatable bonds is 6. The van der Waals surface area contributed by atoms with Crippen LogP contribution in [0.5, 0.6) is 0 Å². The molecule has 1 rings (SSSR count). The van der Waals surface area contributed by atoms with E-state index >= 15 is 0 Å². The second kappa shape index (κ2) is 6.72. The molecule has 0 atom stereocenters. The lowest BCUT2D eigenvalue weighted by atomic mass is 10.1. The molecule has 0 aliphatic heterocycles. The van der Waals surface area contributed by atoms with Crippen molar-refractivity contribution in [2.45, 2.75) is 38.6 Å². The van der Waals surface area contributed by atoms with Gasteiger partial charge in [-0.05, 0) is 44.9 Å². The maximum atomic E-state index is 13.6. The molecule has 0 spiro atoms. The van der Waals surface area contributed by atoms with E-state index in [9.17, 15) is 12.8 Å². The molecule has 1 aromatic rings. The molecule has 0 saturated heterocycles. The molecule has 0 unspecified atom stereocenters. The fourth-order valence-corrected chi connectivity index (χ4v) is 4.35. The quantitative estimate of drug-likeness (QED) is 0.815. The summed E-state index contributed by atoms with van der Waals surface area (Å²) in [6.45, 7) is 7.17. The van der Waals surface area contributed by atoms with Gasteiger partial charge in [0.2, 0.25) is 10.0 Å². The number of nitrogen functional groups attached to an aromatic ring is 1. The van der Waals surface area contributed by atoms with Crippen molar-refractivity contribution in [3.8, 4) is 0 Å². The third-order valence-electron chi connectivity index (χ3n) is 3.36. The van der Waals surface area contributed by atoms with Crippen molar-refractivity contribution in [3.63, 3.8) is 0 Å². The van der Waals surface area contributed by atoms with E-state index in [0.717, 1.165) is 6.07 Å². The molecule has 120 valence electrons. The first-order chi connectivity index (χ1) is 9.64. The van der Waals surface area contributed by atoms with Gasteiger partial charge in [-0.2, -0.15) is 4.31 Å². The second-order valence-corrected chi connectivity index (χ2v) is 7.07. The van der Waals surface area contributed by atoms with Gasteiger partial charge >= 0.3 is 0 Å². The van der Waals surface area contributed by atoms with Crippen LogP contribution in [0.4, 0.5) is 10.1 Å². The zero-order valence-corrected chi connectivity index (χ0v) is 13.9. The number of benzene rings is 1. The monoisotopic (exact) mass is 318 g/mol. The van der Waals surface area contributed by atoms with Crippen molar-refractivity contribution in [1.29, 1.82) is 0 Å². The fraction of sp³-hybridized carbons (Fsp3) is 0.571. The third kappa shape index (κ3) is 3.53. The Kier molecular flexibility index (Phi) is 5.72. The van der Waals surface area contributed by atoms with Gasteiger partial charge in [-0.3, -0.25) is 0 Å². The Labute approximate surface area is 125 Å². The molecule has 0 radical (unpaired) electrons.